The minimum atomic E-state index is -1.10. The van der Waals surface area contributed by atoms with Crippen LogP contribution in [0.5, 0.6) is 0 Å². The van der Waals surface area contributed by atoms with Gasteiger partial charge in [-0.3, -0.25) is 9.78 Å². The molecule has 0 spiro atoms. The Hall–Kier alpha value is -3.09. The maximum atomic E-state index is 12.1. The van der Waals surface area contributed by atoms with Crippen LogP contribution in [-0.2, 0) is 4.79 Å². The number of hydrogen-bond acceptors (Lipinski definition) is 5. The highest BCUT2D eigenvalue weighted by Gasteiger charge is 2.12. The van der Waals surface area contributed by atoms with Crippen molar-refractivity contribution in [3.8, 4) is 0 Å². The van der Waals surface area contributed by atoms with Gasteiger partial charge in [0.15, 0.2) is 5.82 Å². The molecule has 0 aliphatic carbocycles. The van der Waals surface area contributed by atoms with Crippen LogP contribution in [0.4, 0.5) is 5.82 Å². The van der Waals surface area contributed by atoms with Gasteiger partial charge in [0, 0.05) is 24.0 Å². The summed E-state index contributed by atoms with van der Waals surface area (Å²) in [5, 5.41) is 18.5. The third-order valence-corrected chi connectivity index (χ3v) is 2.27. The van der Waals surface area contributed by atoms with Crippen molar-refractivity contribution < 1.29 is 14.7 Å². The first kappa shape index (κ1) is 13.3. The number of anilines is 1. The zero-order chi connectivity index (χ0) is 14.4. The SMILES string of the molecule is O=C(O)/C=C/c1cccnc1C(=O)Nc1cccnn1. The Labute approximate surface area is 114 Å². The van der Waals surface area contributed by atoms with Crippen molar-refractivity contribution in [2.75, 3.05) is 5.32 Å². The molecule has 2 heterocycles. The van der Waals surface area contributed by atoms with Crippen LogP contribution >= 0.6 is 0 Å². The summed E-state index contributed by atoms with van der Waals surface area (Å²) in [5.74, 6) is -1.30. The molecule has 0 bridgehead atoms. The lowest BCUT2D eigenvalue weighted by Gasteiger charge is -2.05. The van der Waals surface area contributed by atoms with E-state index in [0.29, 0.717) is 5.56 Å². The molecule has 1 amide bonds. The largest absolute Gasteiger partial charge is 0.478 e. The predicted octanol–water partition coefficient (Wildman–Crippen LogP) is 1.22. The molecule has 0 atom stereocenters. The summed E-state index contributed by atoms with van der Waals surface area (Å²) < 4.78 is 0. The molecule has 7 heteroatoms. The standard InChI is InChI=1S/C13H10N4O3/c18-11(19)6-5-9-3-1-7-14-12(9)13(20)16-10-4-2-8-15-17-10/h1-8H,(H,18,19)(H,16,17,20)/b6-5+. The van der Waals surface area contributed by atoms with Gasteiger partial charge in [-0.2, -0.15) is 5.10 Å². The lowest BCUT2D eigenvalue weighted by molar-refractivity contribution is -0.131. The number of amides is 1. The summed E-state index contributed by atoms with van der Waals surface area (Å²) in [7, 11) is 0. The Morgan fingerprint density at radius 1 is 1.20 bits per heavy atom. The fourth-order valence-electron chi connectivity index (χ4n) is 1.45. The molecule has 2 aromatic rings. The Morgan fingerprint density at radius 2 is 2.00 bits per heavy atom. The van der Waals surface area contributed by atoms with Gasteiger partial charge in [-0.05, 0) is 24.3 Å². The first-order chi connectivity index (χ1) is 9.66. The molecule has 0 aliphatic rings. The highest BCUT2D eigenvalue weighted by atomic mass is 16.4. The second-order valence-electron chi connectivity index (χ2n) is 3.68. The maximum absolute atomic E-state index is 12.1. The third-order valence-electron chi connectivity index (χ3n) is 2.27. The highest BCUT2D eigenvalue weighted by Crippen LogP contribution is 2.10. The van der Waals surface area contributed by atoms with Crippen molar-refractivity contribution in [3.63, 3.8) is 0 Å². The number of carbonyl (C=O) groups excluding carboxylic acids is 1. The van der Waals surface area contributed by atoms with Crippen LogP contribution in [0.3, 0.4) is 0 Å². The number of aliphatic carboxylic acids is 1. The smallest absolute Gasteiger partial charge is 0.328 e. The molecular weight excluding hydrogens is 260 g/mol. The molecule has 2 rings (SSSR count). The molecule has 0 fully saturated rings. The number of aromatic nitrogens is 3. The summed E-state index contributed by atoms with van der Waals surface area (Å²) in [6.45, 7) is 0. The Bertz CT molecular complexity index is 656. The normalized spacial score (nSPS) is 10.4. The molecule has 20 heavy (non-hydrogen) atoms. The molecule has 0 radical (unpaired) electrons. The van der Waals surface area contributed by atoms with Gasteiger partial charge in [-0.1, -0.05) is 6.07 Å². The Morgan fingerprint density at radius 3 is 2.70 bits per heavy atom. The summed E-state index contributed by atoms with van der Waals surface area (Å²) in [4.78, 5) is 26.5. The van der Waals surface area contributed by atoms with E-state index in [1.807, 2.05) is 0 Å². The second kappa shape index (κ2) is 6.19. The molecule has 0 saturated heterocycles. The summed E-state index contributed by atoms with van der Waals surface area (Å²) in [5.41, 5.74) is 0.506. The van der Waals surface area contributed by atoms with Crippen molar-refractivity contribution in [1.29, 1.82) is 0 Å². The van der Waals surface area contributed by atoms with E-state index in [-0.39, 0.29) is 11.5 Å². The highest BCUT2D eigenvalue weighted by molar-refractivity contribution is 6.05. The number of nitrogens with one attached hydrogen (secondary N) is 1. The lowest BCUT2D eigenvalue weighted by atomic mass is 10.1. The zero-order valence-corrected chi connectivity index (χ0v) is 10.2. The molecule has 7 nitrogen and oxygen atoms in total. The molecular formula is C13H10N4O3. The Balaban J connectivity index is 2.24. The van der Waals surface area contributed by atoms with Gasteiger partial charge in [-0.25, -0.2) is 4.79 Å². The van der Waals surface area contributed by atoms with Gasteiger partial charge in [-0.15, -0.1) is 5.10 Å². The van der Waals surface area contributed by atoms with Crippen molar-refractivity contribution in [3.05, 3.63) is 54.0 Å². The number of rotatable bonds is 4. The average Bonchev–Trinajstić information content (AvgIpc) is 2.46. The van der Waals surface area contributed by atoms with Crippen LogP contribution in [0.15, 0.2) is 42.7 Å². The van der Waals surface area contributed by atoms with E-state index in [4.69, 9.17) is 5.11 Å². The number of nitrogens with zero attached hydrogens (tertiary/aromatic N) is 3. The number of carboxylic acid groups (broad SMARTS) is 1. The van der Waals surface area contributed by atoms with E-state index in [1.165, 1.54) is 18.5 Å². The monoisotopic (exact) mass is 270 g/mol. The number of hydrogen-bond donors (Lipinski definition) is 2. The Kier molecular flexibility index (Phi) is 4.13. The zero-order valence-electron chi connectivity index (χ0n) is 10.2. The van der Waals surface area contributed by atoms with E-state index in [2.05, 4.69) is 20.5 Å². The van der Waals surface area contributed by atoms with Crippen LogP contribution in [0.2, 0.25) is 0 Å². The van der Waals surface area contributed by atoms with Crippen LogP contribution in [0.1, 0.15) is 16.1 Å². The van der Waals surface area contributed by atoms with Gasteiger partial charge >= 0.3 is 5.97 Å². The van der Waals surface area contributed by atoms with Crippen LogP contribution < -0.4 is 5.32 Å². The second-order valence-corrected chi connectivity index (χ2v) is 3.68. The van der Waals surface area contributed by atoms with E-state index in [0.717, 1.165) is 6.08 Å². The van der Waals surface area contributed by atoms with Crippen LogP contribution in [-0.4, -0.2) is 32.2 Å². The van der Waals surface area contributed by atoms with Gasteiger partial charge in [0.25, 0.3) is 5.91 Å². The van der Waals surface area contributed by atoms with E-state index in [9.17, 15) is 9.59 Å². The molecule has 0 unspecified atom stereocenters. The van der Waals surface area contributed by atoms with Gasteiger partial charge in [0.05, 0.1) is 0 Å². The lowest BCUT2D eigenvalue weighted by Crippen LogP contribution is -2.16. The maximum Gasteiger partial charge on any atom is 0.328 e. The first-order valence-electron chi connectivity index (χ1n) is 5.62. The van der Waals surface area contributed by atoms with E-state index < -0.39 is 11.9 Å². The third kappa shape index (κ3) is 3.45. The van der Waals surface area contributed by atoms with Gasteiger partial charge < -0.3 is 10.4 Å². The summed E-state index contributed by atoms with van der Waals surface area (Å²) in [6, 6.07) is 6.42. The first-order valence-corrected chi connectivity index (χ1v) is 5.62. The van der Waals surface area contributed by atoms with Crippen molar-refractivity contribution in [2.45, 2.75) is 0 Å². The minimum Gasteiger partial charge on any atom is -0.478 e. The molecule has 2 aromatic heterocycles. The molecule has 0 aromatic carbocycles. The minimum absolute atomic E-state index is 0.107. The van der Waals surface area contributed by atoms with Gasteiger partial charge in [0.1, 0.15) is 5.69 Å². The van der Waals surface area contributed by atoms with E-state index in [1.54, 1.807) is 24.3 Å². The van der Waals surface area contributed by atoms with Crippen LogP contribution in [0.25, 0.3) is 6.08 Å². The molecule has 0 saturated carbocycles. The number of pyridine rings is 1. The topological polar surface area (TPSA) is 105 Å². The molecule has 0 aliphatic heterocycles. The molecule has 2 N–H and O–H groups in total. The summed E-state index contributed by atoms with van der Waals surface area (Å²) >= 11 is 0. The van der Waals surface area contributed by atoms with Crippen molar-refractivity contribution in [1.82, 2.24) is 15.2 Å². The fraction of sp³-hybridized carbons (Fsp3) is 0. The number of carbonyl (C=O) groups is 2. The van der Waals surface area contributed by atoms with Crippen LogP contribution in [0, 0.1) is 0 Å². The average molecular weight is 270 g/mol. The quantitative estimate of drug-likeness (QED) is 0.809. The summed E-state index contributed by atoms with van der Waals surface area (Å²) in [6.07, 6.45) is 5.18. The fourth-order valence-corrected chi connectivity index (χ4v) is 1.45. The number of carboxylic acids is 1. The van der Waals surface area contributed by atoms with Crippen molar-refractivity contribution in [2.24, 2.45) is 0 Å². The molecule has 100 valence electrons. The van der Waals surface area contributed by atoms with E-state index >= 15 is 0 Å². The van der Waals surface area contributed by atoms with Crippen molar-refractivity contribution >= 4 is 23.8 Å². The predicted molar refractivity (Wildman–Crippen MR) is 70.9 cm³/mol. The van der Waals surface area contributed by atoms with Gasteiger partial charge in [0.2, 0.25) is 0 Å².